The van der Waals surface area contributed by atoms with Crippen molar-refractivity contribution in [1.29, 1.82) is 0 Å². The molecule has 0 saturated carbocycles. The molecule has 2 aromatic carbocycles. The molecule has 0 aliphatic carbocycles. The van der Waals surface area contributed by atoms with Crippen molar-refractivity contribution in [2.75, 3.05) is 7.11 Å². The second-order valence-corrected chi connectivity index (χ2v) is 4.98. The van der Waals surface area contributed by atoms with Crippen molar-refractivity contribution in [3.05, 3.63) is 58.9 Å². The van der Waals surface area contributed by atoms with E-state index in [1.54, 1.807) is 18.2 Å². The third kappa shape index (κ3) is 3.12. The van der Waals surface area contributed by atoms with Gasteiger partial charge < -0.3 is 9.47 Å². The highest BCUT2D eigenvalue weighted by Gasteiger charge is 2.11. The number of rotatable bonds is 5. The maximum Gasteiger partial charge on any atom is 0.171 e. The molecule has 0 heterocycles. The van der Waals surface area contributed by atoms with Gasteiger partial charge in [-0.25, -0.2) is 4.39 Å². The summed E-state index contributed by atoms with van der Waals surface area (Å²) in [5, 5.41) is 0.699. The Morgan fingerprint density at radius 3 is 2.50 bits per heavy atom. The summed E-state index contributed by atoms with van der Waals surface area (Å²) < 4.78 is 24.8. The third-order valence-corrected chi connectivity index (χ3v) is 3.68. The van der Waals surface area contributed by atoms with E-state index in [1.807, 2.05) is 25.1 Å². The largest absolute Gasteiger partial charge is 0.494 e. The molecule has 0 saturated heterocycles. The maximum absolute atomic E-state index is 14.0. The van der Waals surface area contributed by atoms with E-state index in [4.69, 9.17) is 9.47 Å². The van der Waals surface area contributed by atoms with Crippen molar-refractivity contribution in [2.24, 2.45) is 0 Å². The van der Waals surface area contributed by atoms with E-state index in [9.17, 15) is 4.39 Å². The van der Waals surface area contributed by atoms with Crippen molar-refractivity contribution in [3.8, 4) is 11.5 Å². The van der Waals surface area contributed by atoms with Gasteiger partial charge in [-0.05, 0) is 18.6 Å². The predicted molar refractivity (Wildman–Crippen MR) is 81.1 cm³/mol. The fraction of sp³-hybridized carbons (Fsp3) is 0.250. The first-order chi connectivity index (χ1) is 9.67. The van der Waals surface area contributed by atoms with Crippen LogP contribution in [0.3, 0.4) is 0 Å². The minimum atomic E-state index is -0.371. The number of halogens is 2. The molecule has 0 spiro atoms. The highest BCUT2D eigenvalue weighted by molar-refractivity contribution is 9.08. The molecule has 0 unspecified atom stereocenters. The summed E-state index contributed by atoms with van der Waals surface area (Å²) in [6.45, 7) is 2.15. The van der Waals surface area contributed by atoms with Gasteiger partial charge in [-0.3, -0.25) is 0 Å². The van der Waals surface area contributed by atoms with Gasteiger partial charge in [0.05, 0.1) is 7.11 Å². The number of para-hydroxylation sites is 1. The molecular formula is C16H16BrFO2. The van der Waals surface area contributed by atoms with Gasteiger partial charge in [0.2, 0.25) is 0 Å². The molecule has 2 nitrogen and oxygen atoms in total. The lowest BCUT2D eigenvalue weighted by Gasteiger charge is -2.14. The van der Waals surface area contributed by atoms with E-state index < -0.39 is 0 Å². The maximum atomic E-state index is 14.0. The van der Waals surface area contributed by atoms with Crippen LogP contribution >= 0.6 is 15.9 Å². The number of hydrogen-bond donors (Lipinski definition) is 0. The molecule has 0 aliphatic rings. The quantitative estimate of drug-likeness (QED) is 0.741. The van der Waals surface area contributed by atoms with Crippen LogP contribution in [0.4, 0.5) is 4.39 Å². The molecule has 0 atom stereocenters. The summed E-state index contributed by atoms with van der Waals surface area (Å²) in [6.07, 6.45) is 0. The molecule has 2 aromatic rings. The van der Waals surface area contributed by atoms with Crippen LogP contribution in [-0.4, -0.2) is 7.11 Å². The molecule has 0 aliphatic heterocycles. The SMILES string of the molecule is COc1cccc(COc2c(C)cccc2CBr)c1F. The van der Waals surface area contributed by atoms with Gasteiger partial charge in [0.25, 0.3) is 0 Å². The van der Waals surface area contributed by atoms with Crippen LogP contribution in [-0.2, 0) is 11.9 Å². The minimum absolute atomic E-state index is 0.174. The molecular weight excluding hydrogens is 323 g/mol. The predicted octanol–water partition coefficient (Wildman–Crippen LogP) is 4.62. The average Bonchev–Trinajstić information content (AvgIpc) is 2.47. The van der Waals surface area contributed by atoms with E-state index in [1.165, 1.54) is 7.11 Å². The topological polar surface area (TPSA) is 18.5 Å². The van der Waals surface area contributed by atoms with Crippen molar-refractivity contribution in [3.63, 3.8) is 0 Å². The van der Waals surface area contributed by atoms with E-state index >= 15 is 0 Å². The van der Waals surface area contributed by atoms with Crippen LogP contribution in [0.15, 0.2) is 36.4 Å². The fourth-order valence-electron chi connectivity index (χ4n) is 2.00. The zero-order valence-electron chi connectivity index (χ0n) is 11.5. The second kappa shape index (κ2) is 6.75. The minimum Gasteiger partial charge on any atom is -0.494 e. The average molecular weight is 339 g/mol. The van der Waals surface area contributed by atoms with Gasteiger partial charge in [0.1, 0.15) is 12.4 Å². The molecule has 0 bridgehead atoms. The Balaban J connectivity index is 2.21. The standard InChI is InChI=1S/C16H16BrFO2/c1-11-5-3-6-12(9-17)16(11)20-10-13-7-4-8-14(19-2)15(13)18/h3-8H,9-10H2,1-2H3. The van der Waals surface area contributed by atoms with Gasteiger partial charge in [-0.2, -0.15) is 0 Å². The van der Waals surface area contributed by atoms with Gasteiger partial charge >= 0.3 is 0 Å². The number of ether oxygens (including phenoxy) is 2. The van der Waals surface area contributed by atoms with E-state index in [-0.39, 0.29) is 18.2 Å². The monoisotopic (exact) mass is 338 g/mol. The first-order valence-electron chi connectivity index (χ1n) is 6.26. The second-order valence-electron chi connectivity index (χ2n) is 4.42. The number of methoxy groups -OCH3 is 1. The molecule has 106 valence electrons. The zero-order chi connectivity index (χ0) is 14.5. The van der Waals surface area contributed by atoms with E-state index in [2.05, 4.69) is 15.9 Å². The number of aryl methyl sites for hydroxylation is 1. The molecule has 0 amide bonds. The number of hydrogen-bond acceptors (Lipinski definition) is 2. The Morgan fingerprint density at radius 2 is 1.80 bits per heavy atom. The molecule has 0 aromatic heterocycles. The number of alkyl halides is 1. The van der Waals surface area contributed by atoms with Crippen molar-refractivity contribution >= 4 is 15.9 Å². The third-order valence-electron chi connectivity index (χ3n) is 3.07. The molecule has 0 radical (unpaired) electrons. The molecule has 2 rings (SSSR count). The van der Waals surface area contributed by atoms with Crippen molar-refractivity contribution in [2.45, 2.75) is 18.9 Å². The summed E-state index contributed by atoms with van der Waals surface area (Å²) in [5.41, 5.74) is 2.56. The molecule has 0 N–H and O–H groups in total. The Bertz CT molecular complexity index is 599. The van der Waals surface area contributed by atoms with Crippen molar-refractivity contribution in [1.82, 2.24) is 0 Å². The molecule has 4 heteroatoms. The normalized spacial score (nSPS) is 10.4. The summed E-state index contributed by atoms with van der Waals surface area (Å²) >= 11 is 3.43. The van der Waals surface area contributed by atoms with Crippen LogP contribution in [0.5, 0.6) is 11.5 Å². The Hall–Kier alpha value is -1.55. The smallest absolute Gasteiger partial charge is 0.171 e. The molecule has 0 fully saturated rings. The van der Waals surface area contributed by atoms with E-state index in [0.717, 1.165) is 16.9 Å². The highest BCUT2D eigenvalue weighted by Crippen LogP contribution is 2.27. The Morgan fingerprint density at radius 1 is 1.10 bits per heavy atom. The first-order valence-corrected chi connectivity index (χ1v) is 7.38. The Kier molecular flexibility index (Phi) is 5.01. The van der Waals surface area contributed by atoms with E-state index in [0.29, 0.717) is 10.9 Å². The molecule has 20 heavy (non-hydrogen) atoms. The summed E-state index contributed by atoms with van der Waals surface area (Å²) in [5.74, 6) is 0.659. The highest BCUT2D eigenvalue weighted by atomic mass is 79.9. The lowest BCUT2D eigenvalue weighted by atomic mass is 10.1. The lowest BCUT2D eigenvalue weighted by molar-refractivity contribution is 0.292. The van der Waals surface area contributed by atoms with Crippen LogP contribution in [0.1, 0.15) is 16.7 Å². The van der Waals surface area contributed by atoms with Gasteiger partial charge in [0.15, 0.2) is 11.6 Å². The van der Waals surface area contributed by atoms with Crippen LogP contribution in [0.25, 0.3) is 0 Å². The summed E-state index contributed by atoms with van der Waals surface area (Å²) in [4.78, 5) is 0. The van der Waals surface area contributed by atoms with Crippen molar-refractivity contribution < 1.29 is 13.9 Å². The summed E-state index contributed by atoms with van der Waals surface area (Å²) in [7, 11) is 1.45. The van der Waals surface area contributed by atoms with Gasteiger partial charge in [-0.1, -0.05) is 46.3 Å². The lowest BCUT2D eigenvalue weighted by Crippen LogP contribution is -2.03. The summed E-state index contributed by atoms with van der Waals surface area (Å²) in [6, 6.07) is 11.0. The van der Waals surface area contributed by atoms with Gasteiger partial charge in [-0.15, -0.1) is 0 Å². The van der Waals surface area contributed by atoms with Crippen LogP contribution in [0, 0.1) is 12.7 Å². The Labute approximate surface area is 126 Å². The van der Waals surface area contributed by atoms with Crippen LogP contribution < -0.4 is 9.47 Å². The first kappa shape index (κ1) is 14.9. The van der Waals surface area contributed by atoms with Crippen LogP contribution in [0.2, 0.25) is 0 Å². The zero-order valence-corrected chi connectivity index (χ0v) is 13.0. The number of benzene rings is 2. The fourth-order valence-corrected chi connectivity index (χ4v) is 2.44. The van der Waals surface area contributed by atoms with Gasteiger partial charge in [0, 0.05) is 16.5 Å².